The minimum absolute atomic E-state index is 0.0945. The predicted molar refractivity (Wildman–Crippen MR) is 131 cm³/mol. The molecule has 8 heteroatoms. The molecule has 0 spiro atoms. The fourth-order valence-electron chi connectivity index (χ4n) is 5.37. The molecule has 3 aromatic rings. The maximum atomic E-state index is 13.4. The van der Waals surface area contributed by atoms with Crippen molar-refractivity contribution in [2.45, 2.75) is 25.0 Å². The van der Waals surface area contributed by atoms with E-state index in [0.717, 1.165) is 47.3 Å². The number of aliphatic hydroxyl groups excluding tert-OH is 1. The minimum Gasteiger partial charge on any atom is -0.507 e. The molecule has 6 rings (SSSR count). The number of ether oxygens (including phenoxy) is 2. The molecule has 180 valence electrons. The van der Waals surface area contributed by atoms with Crippen LogP contribution >= 0.6 is 0 Å². The number of carbonyl (C=O) groups excluding carboxylic acids is 2. The van der Waals surface area contributed by atoms with Gasteiger partial charge in [0.15, 0.2) is 0 Å². The number of nitrogens with zero attached hydrogens (tertiary/aromatic N) is 2. The van der Waals surface area contributed by atoms with Gasteiger partial charge in [-0.15, -0.1) is 0 Å². The minimum atomic E-state index is -0.722. The van der Waals surface area contributed by atoms with Crippen molar-refractivity contribution in [1.29, 1.82) is 0 Å². The monoisotopic (exact) mass is 473 g/mol. The van der Waals surface area contributed by atoms with Crippen molar-refractivity contribution >= 4 is 34.0 Å². The Bertz CT molecular complexity index is 1350. The van der Waals surface area contributed by atoms with Gasteiger partial charge < -0.3 is 29.4 Å². The van der Waals surface area contributed by atoms with Gasteiger partial charge in [0.1, 0.15) is 18.1 Å². The van der Waals surface area contributed by atoms with Crippen LogP contribution in [0.2, 0.25) is 0 Å². The number of hydrogen-bond donors (Lipinski definition) is 2. The van der Waals surface area contributed by atoms with Gasteiger partial charge in [-0.1, -0.05) is 18.2 Å². The number of para-hydroxylation sites is 1. The number of fused-ring (bicyclic) bond motifs is 2. The maximum absolute atomic E-state index is 13.4. The lowest BCUT2D eigenvalue weighted by Gasteiger charge is -2.28. The normalized spacial score (nSPS) is 23.7. The lowest BCUT2D eigenvalue weighted by Crippen LogP contribution is -2.36. The molecule has 2 fully saturated rings. The van der Waals surface area contributed by atoms with E-state index in [4.69, 9.17) is 9.47 Å². The Morgan fingerprint density at radius 2 is 2.03 bits per heavy atom. The molecular weight excluding hydrogens is 446 g/mol. The van der Waals surface area contributed by atoms with Gasteiger partial charge in [0.2, 0.25) is 0 Å². The second-order valence-electron chi connectivity index (χ2n) is 9.33. The Morgan fingerprint density at radius 1 is 1.17 bits per heavy atom. The first-order valence-corrected chi connectivity index (χ1v) is 12.0. The number of hydrogen-bond acceptors (Lipinski definition) is 6. The summed E-state index contributed by atoms with van der Waals surface area (Å²) in [5, 5.41) is 12.4. The first kappa shape index (κ1) is 21.7. The highest BCUT2D eigenvalue weighted by Crippen LogP contribution is 2.43. The zero-order valence-electron chi connectivity index (χ0n) is 19.5. The summed E-state index contributed by atoms with van der Waals surface area (Å²) in [6, 6.07) is 12.4. The van der Waals surface area contributed by atoms with Gasteiger partial charge in [0.05, 0.1) is 30.0 Å². The van der Waals surface area contributed by atoms with Crippen molar-refractivity contribution in [2.75, 3.05) is 38.3 Å². The molecule has 0 radical (unpaired) electrons. The van der Waals surface area contributed by atoms with E-state index in [1.165, 1.54) is 0 Å². The molecule has 2 aromatic carbocycles. The average molecular weight is 474 g/mol. The van der Waals surface area contributed by atoms with Crippen molar-refractivity contribution in [1.82, 2.24) is 9.88 Å². The molecule has 2 N–H and O–H groups in total. The molecular formula is C27H27N3O5. The quantitative estimate of drug-likeness (QED) is 0.342. The molecule has 2 unspecified atom stereocenters. The van der Waals surface area contributed by atoms with E-state index in [1.807, 2.05) is 48.5 Å². The molecule has 35 heavy (non-hydrogen) atoms. The van der Waals surface area contributed by atoms with Crippen LogP contribution < -0.4 is 9.64 Å². The topological polar surface area (TPSA) is 95.1 Å². The molecule has 3 aliphatic rings. The molecule has 3 aliphatic heterocycles. The zero-order chi connectivity index (χ0) is 24.1. The Morgan fingerprint density at radius 3 is 2.86 bits per heavy atom. The van der Waals surface area contributed by atoms with E-state index >= 15 is 0 Å². The van der Waals surface area contributed by atoms with Gasteiger partial charge in [-0.05, 0) is 37.1 Å². The van der Waals surface area contributed by atoms with Crippen molar-refractivity contribution in [3.05, 3.63) is 65.4 Å². The van der Waals surface area contributed by atoms with Crippen LogP contribution in [-0.2, 0) is 14.3 Å². The number of H-pyrrole nitrogens is 1. The van der Waals surface area contributed by atoms with Gasteiger partial charge in [0, 0.05) is 48.4 Å². The molecule has 8 nitrogen and oxygen atoms in total. The molecule has 0 aliphatic carbocycles. The summed E-state index contributed by atoms with van der Waals surface area (Å²) in [5.74, 6) is -0.758. The SMILES string of the molecule is CN1CCOc2ccc(/C(O)=C3\C(=O)C(=O)N(CC4CCCO4)C3c3c[nH]c4ccccc34)cc21. The number of nitrogens with one attached hydrogen (secondary N) is 1. The van der Waals surface area contributed by atoms with Crippen LogP contribution in [0.15, 0.2) is 54.2 Å². The maximum Gasteiger partial charge on any atom is 0.295 e. The molecule has 0 saturated carbocycles. The van der Waals surface area contributed by atoms with E-state index in [0.29, 0.717) is 25.3 Å². The number of aromatic nitrogens is 1. The van der Waals surface area contributed by atoms with Gasteiger partial charge in [-0.3, -0.25) is 9.59 Å². The largest absolute Gasteiger partial charge is 0.507 e. The number of aromatic amines is 1. The number of rotatable bonds is 4. The summed E-state index contributed by atoms with van der Waals surface area (Å²) < 4.78 is 11.5. The average Bonchev–Trinajstić information content (AvgIpc) is 3.59. The van der Waals surface area contributed by atoms with Gasteiger partial charge in [-0.25, -0.2) is 0 Å². The Balaban J connectivity index is 1.50. The number of benzene rings is 2. The fourth-order valence-corrected chi connectivity index (χ4v) is 5.37. The van der Waals surface area contributed by atoms with E-state index in [-0.39, 0.29) is 17.4 Å². The van der Waals surface area contributed by atoms with E-state index in [9.17, 15) is 14.7 Å². The molecule has 1 amide bonds. The lowest BCUT2D eigenvalue weighted by molar-refractivity contribution is -0.140. The number of anilines is 1. The second kappa shape index (κ2) is 8.46. The molecule has 2 saturated heterocycles. The third kappa shape index (κ3) is 3.56. The summed E-state index contributed by atoms with van der Waals surface area (Å²) in [7, 11) is 1.96. The standard InChI is InChI=1S/C27H27N3O5/c1-29-10-12-35-22-9-8-16(13-21(22)29)25(31)23-24(19-14-28-20-7-3-2-6-18(19)20)30(27(33)26(23)32)15-17-5-4-11-34-17/h2-3,6-9,13-14,17,24,28,31H,4-5,10-12,15H2,1H3/b25-23+. The lowest BCUT2D eigenvalue weighted by atomic mass is 9.94. The summed E-state index contributed by atoms with van der Waals surface area (Å²) in [5.41, 5.74) is 3.08. The van der Waals surface area contributed by atoms with E-state index in [2.05, 4.69) is 4.98 Å². The second-order valence-corrected chi connectivity index (χ2v) is 9.33. The van der Waals surface area contributed by atoms with Gasteiger partial charge >= 0.3 is 0 Å². The van der Waals surface area contributed by atoms with Crippen LogP contribution in [0.25, 0.3) is 16.7 Å². The smallest absolute Gasteiger partial charge is 0.295 e. The summed E-state index contributed by atoms with van der Waals surface area (Å²) in [4.78, 5) is 33.6. The van der Waals surface area contributed by atoms with E-state index < -0.39 is 17.7 Å². The number of ketones is 1. The van der Waals surface area contributed by atoms with E-state index in [1.54, 1.807) is 17.0 Å². The van der Waals surface area contributed by atoms with Crippen LogP contribution in [0.1, 0.15) is 30.0 Å². The number of aliphatic hydroxyl groups is 1. The summed E-state index contributed by atoms with van der Waals surface area (Å²) >= 11 is 0. The third-order valence-corrected chi connectivity index (χ3v) is 7.21. The van der Waals surface area contributed by atoms with Crippen LogP contribution in [0.4, 0.5) is 5.69 Å². The Hall–Kier alpha value is -3.78. The van der Waals surface area contributed by atoms with Crippen LogP contribution in [0, 0.1) is 0 Å². The fraction of sp³-hybridized carbons (Fsp3) is 0.333. The predicted octanol–water partition coefficient (Wildman–Crippen LogP) is 3.60. The number of likely N-dealkylation sites (tertiary alicyclic amines) is 1. The number of carbonyl (C=O) groups is 2. The Kier molecular flexibility index (Phi) is 5.25. The first-order valence-electron chi connectivity index (χ1n) is 12.0. The van der Waals surface area contributed by atoms with Crippen LogP contribution in [0.5, 0.6) is 5.75 Å². The molecule has 1 aromatic heterocycles. The first-order chi connectivity index (χ1) is 17.0. The van der Waals surface area contributed by atoms with Crippen molar-refractivity contribution in [3.63, 3.8) is 0 Å². The zero-order valence-corrected chi connectivity index (χ0v) is 19.5. The number of likely N-dealkylation sites (N-methyl/N-ethyl adjacent to an activating group) is 1. The molecule has 2 atom stereocenters. The summed E-state index contributed by atoms with van der Waals surface area (Å²) in [6.07, 6.45) is 3.46. The molecule has 4 heterocycles. The highest BCUT2D eigenvalue weighted by atomic mass is 16.5. The van der Waals surface area contributed by atoms with Crippen LogP contribution in [-0.4, -0.2) is 66.1 Å². The van der Waals surface area contributed by atoms with Gasteiger partial charge in [-0.2, -0.15) is 0 Å². The summed E-state index contributed by atoms with van der Waals surface area (Å²) in [6.45, 7) is 2.26. The number of Topliss-reactive ketones (excluding diaryl/α,β-unsaturated/α-hetero) is 1. The van der Waals surface area contributed by atoms with Crippen molar-refractivity contribution in [3.8, 4) is 5.75 Å². The van der Waals surface area contributed by atoms with Crippen molar-refractivity contribution < 1.29 is 24.2 Å². The Labute approximate surface area is 202 Å². The third-order valence-electron chi connectivity index (χ3n) is 7.21. The van der Waals surface area contributed by atoms with Gasteiger partial charge in [0.25, 0.3) is 11.7 Å². The number of amides is 1. The van der Waals surface area contributed by atoms with Crippen LogP contribution in [0.3, 0.4) is 0 Å². The molecule has 0 bridgehead atoms. The van der Waals surface area contributed by atoms with Crippen molar-refractivity contribution in [2.24, 2.45) is 0 Å². The highest BCUT2D eigenvalue weighted by molar-refractivity contribution is 6.46. The highest BCUT2D eigenvalue weighted by Gasteiger charge is 2.47.